The number of nitrogens with two attached hydrogens (primary N) is 1. The van der Waals surface area contributed by atoms with E-state index in [1.165, 1.54) is 12.8 Å². The lowest BCUT2D eigenvalue weighted by molar-refractivity contribution is 0.110. The molecule has 1 heterocycles. The molecule has 3 unspecified atom stereocenters. The maximum Gasteiger partial charge on any atom is 0.0107 e. The second kappa shape index (κ2) is 3.55. The first kappa shape index (κ1) is 9.01. The number of hydrogen-bond acceptors (Lipinski definition) is 2. The largest absolute Gasteiger partial charge is 0.328 e. The number of piperidine rings is 1. The zero-order chi connectivity index (χ0) is 8.43. The average Bonchev–Trinajstić information content (AvgIpc) is 1.96. The summed E-state index contributed by atoms with van der Waals surface area (Å²) in [6.45, 7) is 4.51. The number of likely N-dealkylation sites (tertiary alicyclic amines) is 1. The summed E-state index contributed by atoms with van der Waals surface area (Å²) in [5.74, 6) is 0. The molecule has 0 aromatic rings. The van der Waals surface area contributed by atoms with Crippen molar-refractivity contribution >= 4 is 0 Å². The van der Waals surface area contributed by atoms with Gasteiger partial charge in [0.05, 0.1) is 0 Å². The second-order valence-corrected chi connectivity index (χ2v) is 3.81. The summed E-state index contributed by atoms with van der Waals surface area (Å²) >= 11 is 0. The van der Waals surface area contributed by atoms with Crippen LogP contribution in [0.1, 0.15) is 33.1 Å². The van der Waals surface area contributed by atoms with Crippen LogP contribution in [0, 0.1) is 0 Å². The monoisotopic (exact) mass is 156 g/mol. The second-order valence-electron chi connectivity index (χ2n) is 3.81. The Hall–Kier alpha value is -0.0800. The predicted molar refractivity (Wildman–Crippen MR) is 48.5 cm³/mol. The van der Waals surface area contributed by atoms with Gasteiger partial charge in [-0.25, -0.2) is 0 Å². The highest BCUT2D eigenvalue weighted by Crippen LogP contribution is 2.21. The molecule has 66 valence electrons. The van der Waals surface area contributed by atoms with Crippen LogP contribution in [-0.2, 0) is 0 Å². The Morgan fingerprint density at radius 2 is 2.09 bits per heavy atom. The van der Waals surface area contributed by atoms with Crippen molar-refractivity contribution in [3.8, 4) is 0 Å². The fourth-order valence-electron chi connectivity index (χ4n) is 2.03. The zero-order valence-corrected chi connectivity index (χ0v) is 7.88. The molecule has 0 saturated carbocycles. The summed E-state index contributed by atoms with van der Waals surface area (Å²) in [4.78, 5) is 2.46. The smallest absolute Gasteiger partial charge is 0.0107 e. The first-order chi connectivity index (χ1) is 5.15. The van der Waals surface area contributed by atoms with Gasteiger partial charge in [-0.05, 0) is 33.2 Å². The summed E-state index contributed by atoms with van der Waals surface area (Å²) in [6.07, 6.45) is 3.57. The first-order valence-electron chi connectivity index (χ1n) is 4.62. The maximum atomic E-state index is 5.93. The molecule has 0 aliphatic carbocycles. The Kier molecular flexibility index (Phi) is 2.90. The van der Waals surface area contributed by atoms with E-state index in [-0.39, 0.29) is 0 Å². The summed E-state index contributed by atoms with van der Waals surface area (Å²) in [7, 11) is 2.21. The zero-order valence-electron chi connectivity index (χ0n) is 7.88. The van der Waals surface area contributed by atoms with Crippen LogP contribution in [0.4, 0.5) is 0 Å². The molecule has 0 aromatic heterocycles. The Morgan fingerprint density at radius 3 is 2.64 bits per heavy atom. The molecule has 0 aromatic carbocycles. The molecule has 1 aliphatic rings. The fraction of sp³-hybridized carbons (Fsp3) is 1.00. The fourth-order valence-corrected chi connectivity index (χ4v) is 2.03. The minimum absolute atomic E-state index is 0.436. The van der Waals surface area contributed by atoms with E-state index in [9.17, 15) is 0 Å². The van der Waals surface area contributed by atoms with Gasteiger partial charge in [0.1, 0.15) is 0 Å². The van der Waals surface area contributed by atoms with Gasteiger partial charge in [0.2, 0.25) is 0 Å². The highest BCUT2D eigenvalue weighted by atomic mass is 15.2. The Bertz CT molecular complexity index is 125. The van der Waals surface area contributed by atoms with Crippen LogP contribution in [0.25, 0.3) is 0 Å². The molecule has 3 atom stereocenters. The third-order valence-corrected chi connectivity index (χ3v) is 2.96. The van der Waals surface area contributed by atoms with Crippen molar-refractivity contribution in [3.05, 3.63) is 0 Å². The van der Waals surface area contributed by atoms with E-state index in [2.05, 4.69) is 25.8 Å². The molecule has 0 spiro atoms. The van der Waals surface area contributed by atoms with Gasteiger partial charge < -0.3 is 10.6 Å². The van der Waals surface area contributed by atoms with Crippen molar-refractivity contribution in [2.75, 3.05) is 7.05 Å². The van der Waals surface area contributed by atoms with E-state index in [4.69, 9.17) is 5.73 Å². The molecule has 1 fully saturated rings. The van der Waals surface area contributed by atoms with Crippen molar-refractivity contribution in [2.45, 2.75) is 51.2 Å². The SMILES string of the molecule is CCC1CC(N)CC(C)N1C. The predicted octanol–water partition coefficient (Wildman–Crippen LogP) is 1.21. The van der Waals surface area contributed by atoms with Gasteiger partial charge in [-0.15, -0.1) is 0 Å². The van der Waals surface area contributed by atoms with Crippen LogP contribution >= 0.6 is 0 Å². The minimum Gasteiger partial charge on any atom is -0.328 e. The van der Waals surface area contributed by atoms with Crippen molar-refractivity contribution in [1.82, 2.24) is 4.90 Å². The first-order valence-corrected chi connectivity index (χ1v) is 4.62. The van der Waals surface area contributed by atoms with Crippen molar-refractivity contribution < 1.29 is 0 Å². The van der Waals surface area contributed by atoms with Crippen LogP contribution in [0.15, 0.2) is 0 Å². The van der Waals surface area contributed by atoms with Gasteiger partial charge in [-0.1, -0.05) is 6.92 Å². The Balaban J connectivity index is 2.51. The molecule has 2 heteroatoms. The topological polar surface area (TPSA) is 29.3 Å². The van der Waals surface area contributed by atoms with Crippen molar-refractivity contribution in [3.63, 3.8) is 0 Å². The molecule has 2 N–H and O–H groups in total. The summed E-state index contributed by atoms with van der Waals surface area (Å²) in [5, 5.41) is 0. The van der Waals surface area contributed by atoms with E-state index in [1.807, 2.05) is 0 Å². The molecule has 1 rings (SSSR count). The molecule has 2 nitrogen and oxygen atoms in total. The quantitative estimate of drug-likeness (QED) is 0.618. The van der Waals surface area contributed by atoms with Gasteiger partial charge in [-0.3, -0.25) is 0 Å². The molecular formula is C9H20N2. The van der Waals surface area contributed by atoms with Crippen molar-refractivity contribution in [2.24, 2.45) is 5.73 Å². The number of hydrogen-bond donors (Lipinski definition) is 1. The molecule has 0 radical (unpaired) electrons. The van der Waals surface area contributed by atoms with Gasteiger partial charge in [-0.2, -0.15) is 0 Å². The lowest BCUT2D eigenvalue weighted by Crippen LogP contribution is -2.49. The molecule has 0 bridgehead atoms. The maximum absolute atomic E-state index is 5.93. The molecular weight excluding hydrogens is 136 g/mol. The van der Waals surface area contributed by atoms with Crippen molar-refractivity contribution in [1.29, 1.82) is 0 Å². The number of nitrogens with zero attached hydrogens (tertiary/aromatic N) is 1. The van der Waals surface area contributed by atoms with Gasteiger partial charge in [0.15, 0.2) is 0 Å². The highest BCUT2D eigenvalue weighted by Gasteiger charge is 2.27. The van der Waals surface area contributed by atoms with E-state index in [0.717, 1.165) is 6.42 Å². The van der Waals surface area contributed by atoms with E-state index >= 15 is 0 Å². The van der Waals surface area contributed by atoms with Gasteiger partial charge in [0.25, 0.3) is 0 Å². The Labute approximate surface area is 69.8 Å². The normalized spacial score (nSPS) is 40.9. The molecule has 0 amide bonds. The highest BCUT2D eigenvalue weighted by molar-refractivity contribution is 4.85. The molecule has 11 heavy (non-hydrogen) atoms. The third kappa shape index (κ3) is 1.94. The van der Waals surface area contributed by atoms with Crippen LogP contribution in [0.2, 0.25) is 0 Å². The van der Waals surface area contributed by atoms with Gasteiger partial charge >= 0.3 is 0 Å². The van der Waals surface area contributed by atoms with E-state index < -0.39 is 0 Å². The van der Waals surface area contributed by atoms with E-state index in [0.29, 0.717) is 18.1 Å². The lowest BCUT2D eigenvalue weighted by atomic mass is 9.92. The summed E-state index contributed by atoms with van der Waals surface area (Å²) in [5.41, 5.74) is 5.93. The van der Waals surface area contributed by atoms with Gasteiger partial charge in [0, 0.05) is 18.1 Å². The summed E-state index contributed by atoms with van der Waals surface area (Å²) in [6, 6.07) is 1.82. The Morgan fingerprint density at radius 1 is 1.45 bits per heavy atom. The van der Waals surface area contributed by atoms with E-state index in [1.54, 1.807) is 0 Å². The number of rotatable bonds is 1. The van der Waals surface area contributed by atoms with Crippen LogP contribution < -0.4 is 5.73 Å². The summed E-state index contributed by atoms with van der Waals surface area (Å²) < 4.78 is 0. The third-order valence-electron chi connectivity index (χ3n) is 2.96. The van der Waals surface area contributed by atoms with Crippen LogP contribution in [0.3, 0.4) is 0 Å². The average molecular weight is 156 g/mol. The molecule has 1 saturated heterocycles. The lowest BCUT2D eigenvalue weighted by Gasteiger charge is -2.40. The minimum atomic E-state index is 0.436. The molecule has 1 aliphatic heterocycles. The van der Waals surface area contributed by atoms with Crippen LogP contribution in [0.5, 0.6) is 0 Å². The standard InChI is InChI=1S/C9H20N2/c1-4-9-6-8(10)5-7(2)11(9)3/h7-9H,4-6,10H2,1-3H3. The van der Waals surface area contributed by atoms with Crippen LogP contribution in [-0.4, -0.2) is 30.1 Å².